The standard InChI is InChI=1S/C11H4Cl3F3N6S/c12-5-1-6(24-11(15,16)17)7(13)8(14)9(5)19-3-4(2-18)10-20-22-23-21-10/h1,3,19H,(H,20,21,22,23). The van der Waals surface area contributed by atoms with Crippen molar-refractivity contribution in [2.45, 2.75) is 10.4 Å². The lowest BCUT2D eigenvalue weighted by atomic mass is 10.3. The number of aromatic nitrogens is 4. The molecule has 24 heavy (non-hydrogen) atoms. The summed E-state index contributed by atoms with van der Waals surface area (Å²) in [6.45, 7) is 0. The van der Waals surface area contributed by atoms with Crippen LogP contribution >= 0.6 is 46.6 Å². The fraction of sp³-hybridized carbons (Fsp3) is 0.0909. The summed E-state index contributed by atoms with van der Waals surface area (Å²) in [7, 11) is 0. The van der Waals surface area contributed by atoms with Crippen LogP contribution in [-0.4, -0.2) is 26.1 Å². The largest absolute Gasteiger partial charge is 0.446 e. The van der Waals surface area contributed by atoms with E-state index in [4.69, 9.17) is 40.1 Å². The van der Waals surface area contributed by atoms with E-state index in [1.54, 1.807) is 0 Å². The van der Waals surface area contributed by atoms with E-state index in [-0.39, 0.29) is 37.0 Å². The van der Waals surface area contributed by atoms with Gasteiger partial charge in [0.25, 0.3) is 0 Å². The molecule has 1 heterocycles. The van der Waals surface area contributed by atoms with Gasteiger partial charge in [-0.2, -0.15) is 23.6 Å². The maximum atomic E-state index is 12.5. The highest BCUT2D eigenvalue weighted by atomic mass is 35.5. The van der Waals surface area contributed by atoms with Gasteiger partial charge in [0.15, 0.2) is 0 Å². The maximum absolute atomic E-state index is 12.5. The van der Waals surface area contributed by atoms with Crippen molar-refractivity contribution in [2.24, 2.45) is 0 Å². The molecule has 0 fully saturated rings. The number of allylic oxidation sites excluding steroid dienone is 1. The van der Waals surface area contributed by atoms with Crippen molar-refractivity contribution >= 4 is 57.8 Å². The zero-order chi connectivity index (χ0) is 17.9. The van der Waals surface area contributed by atoms with Gasteiger partial charge in [0, 0.05) is 11.1 Å². The van der Waals surface area contributed by atoms with Crippen LogP contribution in [0.4, 0.5) is 18.9 Å². The number of alkyl halides is 3. The van der Waals surface area contributed by atoms with E-state index in [9.17, 15) is 13.2 Å². The van der Waals surface area contributed by atoms with E-state index in [0.29, 0.717) is 0 Å². The van der Waals surface area contributed by atoms with E-state index in [2.05, 4.69) is 25.9 Å². The molecule has 2 aromatic rings. The Morgan fingerprint density at radius 1 is 1.33 bits per heavy atom. The summed E-state index contributed by atoms with van der Waals surface area (Å²) in [4.78, 5) is -0.340. The van der Waals surface area contributed by atoms with Crippen LogP contribution in [0.3, 0.4) is 0 Å². The van der Waals surface area contributed by atoms with Gasteiger partial charge in [0.1, 0.15) is 11.6 Å². The summed E-state index contributed by atoms with van der Waals surface area (Å²) < 4.78 is 37.4. The molecule has 1 aromatic carbocycles. The normalized spacial score (nSPS) is 12.1. The third kappa shape index (κ3) is 4.45. The number of nitrogens with zero attached hydrogens (tertiary/aromatic N) is 4. The lowest BCUT2D eigenvalue weighted by Crippen LogP contribution is -2.01. The average Bonchev–Trinajstić information content (AvgIpc) is 3.01. The number of H-pyrrole nitrogens is 1. The van der Waals surface area contributed by atoms with Crippen molar-refractivity contribution in [1.29, 1.82) is 5.26 Å². The zero-order valence-electron chi connectivity index (χ0n) is 11.1. The monoisotopic (exact) mass is 414 g/mol. The van der Waals surface area contributed by atoms with Crippen molar-refractivity contribution in [1.82, 2.24) is 20.6 Å². The van der Waals surface area contributed by atoms with Crippen LogP contribution in [0.25, 0.3) is 5.57 Å². The molecule has 0 amide bonds. The van der Waals surface area contributed by atoms with Crippen molar-refractivity contribution in [3.63, 3.8) is 0 Å². The van der Waals surface area contributed by atoms with Gasteiger partial charge in [-0.3, -0.25) is 0 Å². The fourth-order valence-corrected chi connectivity index (χ4v) is 3.04. The predicted molar refractivity (Wildman–Crippen MR) is 84.8 cm³/mol. The Bertz CT molecular complexity index is 816. The topological polar surface area (TPSA) is 90.3 Å². The number of hydrogen-bond acceptors (Lipinski definition) is 6. The van der Waals surface area contributed by atoms with Crippen molar-refractivity contribution in [2.75, 3.05) is 5.32 Å². The molecule has 2 N–H and O–H groups in total. The summed E-state index contributed by atoms with van der Waals surface area (Å²) in [6.07, 6.45) is 1.17. The lowest BCUT2D eigenvalue weighted by Gasteiger charge is -2.13. The summed E-state index contributed by atoms with van der Waals surface area (Å²) >= 11 is 17.3. The Hall–Kier alpha value is -1.67. The Labute approximate surface area is 152 Å². The Morgan fingerprint density at radius 3 is 2.58 bits per heavy atom. The first-order valence-corrected chi connectivity index (χ1v) is 7.72. The van der Waals surface area contributed by atoms with E-state index in [1.165, 1.54) is 6.20 Å². The first-order chi connectivity index (χ1) is 11.2. The molecule has 0 bridgehead atoms. The molecule has 0 aliphatic rings. The smallest absolute Gasteiger partial charge is 0.358 e. The minimum absolute atomic E-state index is 0.00703. The van der Waals surface area contributed by atoms with Gasteiger partial charge in [0.2, 0.25) is 5.82 Å². The van der Waals surface area contributed by atoms with Gasteiger partial charge in [-0.05, 0) is 23.0 Å². The highest BCUT2D eigenvalue weighted by molar-refractivity contribution is 8.00. The summed E-state index contributed by atoms with van der Waals surface area (Å²) in [5, 5.41) is 23.7. The van der Waals surface area contributed by atoms with E-state index < -0.39 is 17.3 Å². The number of rotatable bonds is 4. The molecule has 126 valence electrons. The van der Waals surface area contributed by atoms with Gasteiger partial charge >= 0.3 is 5.51 Å². The number of hydrogen-bond donors (Lipinski definition) is 2. The van der Waals surface area contributed by atoms with Gasteiger partial charge in [-0.1, -0.05) is 34.8 Å². The molecule has 0 aliphatic carbocycles. The molecule has 0 aliphatic heterocycles. The Kier molecular flexibility index (Phi) is 5.82. The van der Waals surface area contributed by atoms with Gasteiger partial charge < -0.3 is 5.32 Å². The Morgan fingerprint density at radius 2 is 2.04 bits per heavy atom. The molecule has 0 spiro atoms. The van der Waals surface area contributed by atoms with Crippen molar-refractivity contribution < 1.29 is 13.2 Å². The molecule has 1 aromatic heterocycles. The van der Waals surface area contributed by atoms with Crippen LogP contribution in [0.15, 0.2) is 17.2 Å². The number of halogens is 6. The number of aromatic amines is 1. The van der Waals surface area contributed by atoms with Crippen LogP contribution in [0, 0.1) is 11.3 Å². The number of tetrazole rings is 1. The average molecular weight is 416 g/mol. The van der Waals surface area contributed by atoms with Gasteiger partial charge in [-0.25, -0.2) is 0 Å². The fourth-order valence-electron chi connectivity index (χ4n) is 1.47. The molecular formula is C11H4Cl3F3N6S. The lowest BCUT2D eigenvalue weighted by molar-refractivity contribution is -0.0328. The molecule has 6 nitrogen and oxygen atoms in total. The minimum Gasteiger partial charge on any atom is -0.358 e. The van der Waals surface area contributed by atoms with E-state index in [0.717, 1.165) is 6.07 Å². The third-order valence-corrected chi connectivity index (χ3v) is 4.47. The zero-order valence-corrected chi connectivity index (χ0v) is 14.2. The van der Waals surface area contributed by atoms with E-state index in [1.807, 2.05) is 6.07 Å². The van der Waals surface area contributed by atoms with Crippen LogP contribution in [0.1, 0.15) is 5.82 Å². The highest BCUT2D eigenvalue weighted by Gasteiger charge is 2.31. The van der Waals surface area contributed by atoms with Crippen LogP contribution in [-0.2, 0) is 0 Å². The van der Waals surface area contributed by atoms with Crippen LogP contribution < -0.4 is 5.32 Å². The molecular weight excluding hydrogens is 412 g/mol. The molecule has 2 rings (SSSR count). The van der Waals surface area contributed by atoms with Crippen LogP contribution in [0.2, 0.25) is 15.1 Å². The van der Waals surface area contributed by atoms with Crippen molar-refractivity contribution in [3.8, 4) is 6.07 Å². The third-order valence-electron chi connectivity index (χ3n) is 2.42. The second-order valence-corrected chi connectivity index (χ2v) is 6.23. The number of thioether (sulfide) groups is 1. The first kappa shape index (κ1) is 18.7. The molecule has 0 atom stereocenters. The predicted octanol–water partition coefficient (Wildman–Crippen LogP) is 4.75. The maximum Gasteiger partial charge on any atom is 0.446 e. The minimum atomic E-state index is -4.54. The van der Waals surface area contributed by atoms with E-state index >= 15 is 0 Å². The van der Waals surface area contributed by atoms with Crippen molar-refractivity contribution in [3.05, 3.63) is 33.2 Å². The SMILES string of the molecule is N#CC(=CNc1c(Cl)cc(SC(F)(F)F)c(Cl)c1Cl)c1nn[nH]n1. The molecule has 0 unspecified atom stereocenters. The number of nitrogens with one attached hydrogen (secondary N) is 2. The summed E-state index contributed by atoms with van der Waals surface area (Å²) in [5.74, 6) is 0.00703. The highest BCUT2D eigenvalue weighted by Crippen LogP contribution is 2.47. The first-order valence-electron chi connectivity index (χ1n) is 5.76. The quantitative estimate of drug-likeness (QED) is 0.425. The summed E-state index contributed by atoms with van der Waals surface area (Å²) in [6, 6.07) is 2.83. The molecule has 0 saturated carbocycles. The van der Waals surface area contributed by atoms with Crippen LogP contribution in [0.5, 0.6) is 0 Å². The Balaban J connectivity index is 2.35. The second-order valence-electron chi connectivity index (χ2n) is 3.96. The summed E-state index contributed by atoms with van der Waals surface area (Å²) in [5.41, 5.74) is -4.52. The number of benzene rings is 1. The number of nitriles is 1. The second kappa shape index (κ2) is 7.48. The van der Waals surface area contributed by atoms with Gasteiger partial charge in [-0.15, -0.1) is 10.2 Å². The molecule has 13 heteroatoms. The van der Waals surface area contributed by atoms with Gasteiger partial charge in [0.05, 0.1) is 20.8 Å². The number of anilines is 1. The molecule has 0 radical (unpaired) electrons. The molecule has 0 saturated heterocycles.